The molecule has 1 unspecified atom stereocenters. The second kappa shape index (κ2) is 9.65. The summed E-state index contributed by atoms with van der Waals surface area (Å²) in [5.74, 6) is -2.44. The first-order valence-electron chi connectivity index (χ1n) is 9.28. The van der Waals surface area contributed by atoms with E-state index >= 15 is 0 Å². The summed E-state index contributed by atoms with van der Waals surface area (Å²) in [7, 11) is 0. The molecule has 0 radical (unpaired) electrons. The van der Waals surface area contributed by atoms with Gasteiger partial charge in [0.15, 0.2) is 0 Å². The molecule has 0 aliphatic rings. The van der Waals surface area contributed by atoms with Gasteiger partial charge in [-0.2, -0.15) is 0 Å². The Morgan fingerprint density at radius 1 is 0.900 bits per heavy atom. The molecule has 0 heterocycles. The van der Waals surface area contributed by atoms with E-state index in [0.29, 0.717) is 18.0 Å². The molecule has 7 heteroatoms. The molecule has 0 aliphatic carbocycles. The fourth-order valence-corrected chi connectivity index (χ4v) is 2.78. The van der Waals surface area contributed by atoms with Crippen molar-refractivity contribution in [2.45, 2.75) is 12.8 Å². The third-order valence-corrected chi connectivity index (χ3v) is 4.40. The first-order valence-corrected chi connectivity index (χ1v) is 9.28. The molecule has 0 saturated heterocycles. The molecular weight excluding hydrogens is 390 g/mol. The van der Waals surface area contributed by atoms with Crippen molar-refractivity contribution in [2.24, 2.45) is 0 Å². The van der Waals surface area contributed by atoms with Crippen LogP contribution >= 0.6 is 0 Å². The summed E-state index contributed by atoms with van der Waals surface area (Å²) in [6, 6.07) is 18.6. The zero-order valence-corrected chi connectivity index (χ0v) is 16.2. The number of rotatable bonds is 6. The first kappa shape index (κ1) is 21.0. The van der Waals surface area contributed by atoms with Crippen LogP contribution in [0.4, 0.5) is 19.3 Å². The van der Waals surface area contributed by atoms with Gasteiger partial charge in [-0.1, -0.05) is 43.3 Å². The van der Waals surface area contributed by atoms with Gasteiger partial charge in [0.1, 0.15) is 22.9 Å². The van der Waals surface area contributed by atoms with E-state index in [4.69, 9.17) is 4.74 Å². The topological polar surface area (TPSA) is 67.4 Å². The number of anilines is 1. The Morgan fingerprint density at radius 2 is 1.53 bits per heavy atom. The molecule has 0 spiro atoms. The number of carbonyl (C=O) groups excluding carboxylic acids is 2. The number of nitrogens with one attached hydrogen (secondary N) is 2. The van der Waals surface area contributed by atoms with Crippen LogP contribution in [0.25, 0.3) is 0 Å². The summed E-state index contributed by atoms with van der Waals surface area (Å²) >= 11 is 0. The van der Waals surface area contributed by atoms with Gasteiger partial charge in [-0.05, 0) is 42.0 Å². The first-order chi connectivity index (χ1) is 14.4. The third kappa shape index (κ3) is 5.41. The second-order valence-electron chi connectivity index (χ2n) is 6.65. The van der Waals surface area contributed by atoms with Crippen LogP contribution in [0.3, 0.4) is 0 Å². The van der Waals surface area contributed by atoms with Gasteiger partial charge in [0.05, 0.1) is 6.61 Å². The molecule has 0 aliphatic heterocycles. The van der Waals surface area contributed by atoms with Crippen molar-refractivity contribution >= 4 is 17.6 Å². The van der Waals surface area contributed by atoms with Crippen LogP contribution in [0.15, 0.2) is 72.8 Å². The lowest BCUT2D eigenvalue weighted by Gasteiger charge is -2.14. The summed E-state index contributed by atoms with van der Waals surface area (Å²) < 4.78 is 33.0. The highest BCUT2D eigenvalue weighted by molar-refractivity contribution is 6.08. The average molecular weight is 410 g/mol. The Labute approximate surface area is 172 Å². The number of urea groups is 1. The van der Waals surface area contributed by atoms with Crippen molar-refractivity contribution in [3.63, 3.8) is 0 Å². The number of imide groups is 1. The van der Waals surface area contributed by atoms with E-state index in [0.717, 1.165) is 18.2 Å². The lowest BCUT2D eigenvalue weighted by atomic mass is 10.0. The number of carbonyl (C=O) groups is 2. The Hall–Kier alpha value is -3.74. The van der Waals surface area contributed by atoms with Gasteiger partial charge < -0.3 is 10.1 Å². The molecule has 0 aromatic heterocycles. The maximum Gasteiger partial charge on any atom is 0.326 e. The predicted molar refractivity (Wildman–Crippen MR) is 110 cm³/mol. The zero-order chi connectivity index (χ0) is 21.5. The lowest BCUT2D eigenvalue weighted by molar-refractivity contribution is 0.0959. The minimum Gasteiger partial charge on any atom is -0.493 e. The van der Waals surface area contributed by atoms with E-state index in [-0.39, 0.29) is 5.92 Å². The standard InChI is InChI=1S/C23H20F2N2O3/c1-15(16-6-3-2-4-7-16)14-30-18-12-10-17(11-13-18)26-23(29)27-22(28)21-19(24)8-5-9-20(21)25/h2-13,15H,14H2,1H3,(H2,26,27,28,29). The molecule has 3 amide bonds. The van der Waals surface area contributed by atoms with Crippen molar-refractivity contribution in [2.75, 3.05) is 11.9 Å². The van der Waals surface area contributed by atoms with Gasteiger partial charge in [-0.15, -0.1) is 0 Å². The lowest BCUT2D eigenvalue weighted by Crippen LogP contribution is -2.35. The summed E-state index contributed by atoms with van der Waals surface area (Å²) in [5.41, 5.74) is 0.741. The third-order valence-electron chi connectivity index (χ3n) is 4.40. The molecule has 0 fully saturated rings. The van der Waals surface area contributed by atoms with Crippen LogP contribution in [-0.4, -0.2) is 18.5 Å². The van der Waals surface area contributed by atoms with Gasteiger partial charge in [0, 0.05) is 11.6 Å². The number of hydrogen-bond donors (Lipinski definition) is 2. The van der Waals surface area contributed by atoms with E-state index in [9.17, 15) is 18.4 Å². The molecule has 3 rings (SSSR count). The van der Waals surface area contributed by atoms with Crippen LogP contribution < -0.4 is 15.4 Å². The molecule has 1 atom stereocenters. The van der Waals surface area contributed by atoms with E-state index in [1.807, 2.05) is 35.6 Å². The van der Waals surface area contributed by atoms with Crippen LogP contribution in [-0.2, 0) is 0 Å². The largest absolute Gasteiger partial charge is 0.493 e. The molecule has 2 N–H and O–H groups in total. The number of benzene rings is 3. The van der Waals surface area contributed by atoms with E-state index in [2.05, 4.69) is 12.2 Å². The summed E-state index contributed by atoms with van der Waals surface area (Å²) in [5, 5.41) is 4.33. The van der Waals surface area contributed by atoms with Crippen LogP contribution in [0.1, 0.15) is 28.8 Å². The highest BCUT2D eigenvalue weighted by atomic mass is 19.1. The number of ether oxygens (including phenoxy) is 1. The molecule has 154 valence electrons. The Bertz CT molecular complexity index is 1000. The van der Waals surface area contributed by atoms with Crippen LogP contribution in [0, 0.1) is 11.6 Å². The van der Waals surface area contributed by atoms with Crippen molar-refractivity contribution in [1.29, 1.82) is 0 Å². The van der Waals surface area contributed by atoms with Gasteiger partial charge in [0.25, 0.3) is 5.91 Å². The van der Waals surface area contributed by atoms with Crippen molar-refractivity contribution in [3.8, 4) is 5.75 Å². The van der Waals surface area contributed by atoms with Gasteiger partial charge in [0.2, 0.25) is 0 Å². The highest BCUT2D eigenvalue weighted by Crippen LogP contribution is 2.20. The van der Waals surface area contributed by atoms with E-state index in [1.165, 1.54) is 5.56 Å². The molecule has 3 aromatic rings. The monoisotopic (exact) mass is 410 g/mol. The van der Waals surface area contributed by atoms with Crippen LogP contribution in [0.5, 0.6) is 5.75 Å². The quantitative estimate of drug-likeness (QED) is 0.594. The maximum absolute atomic E-state index is 13.6. The van der Waals surface area contributed by atoms with Crippen molar-refractivity contribution < 1.29 is 23.1 Å². The predicted octanol–water partition coefficient (Wildman–Crippen LogP) is 5.11. The SMILES string of the molecule is CC(COc1ccc(NC(=O)NC(=O)c2c(F)cccc2F)cc1)c1ccccc1. The van der Waals surface area contributed by atoms with E-state index in [1.54, 1.807) is 24.3 Å². The van der Waals surface area contributed by atoms with Gasteiger partial charge in [-0.25, -0.2) is 13.6 Å². The minimum atomic E-state index is -1.17. The molecule has 0 bridgehead atoms. The number of halogens is 2. The maximum atomic E-state index is 13.6. The summed E-state index contributed by atoms with van der Waals surface area (Å²) in [4.78, 5) is 23.9. The number of amides is 3. The van der Waals surface area contributed by atoms with Gasteiger partial charge in [-0.3, -0.25) is 10.1 Å². The second-order valence-corrected chi connectivity index (χ2v) is 6.65. The average Bonchev–Trinajstić information content (AvgIpc) is 2.73. The van der Waals surface area contributed by atoms with Crippen molar-refractivity contribution in [3.05, 3.63) is 95.6 Å². The smallest absolute Gasteiger partial charge is 0.326 e. The number of hydrogen-bond acceptors (Lipinski definition) is 3. The fraction of sp³-hybridized carbons (Fsp3) is 0.130. The minimum absolute atomic E-state index is 0.208. The highest BCUT2D eigenvalue weighted by Gasteiger charge is 2.19. The summed E-state index contributed by atoms with van der Waals surface area (Å²) in [6.45, 7) is 2.55. The molecular formula is C23H20F2N2O3. The molecule has 3 aromatic carbocycles. The molecule has 5 nitrogen and oxygen atoms in total. The van der Waals surface area contributed by atoms with Crippen LogP contribution in [0.2, 0.25) is 0 Å². The Kier molecular flexibility index (Phi) is 6.75. The molecule has 30 heavy (non-hydrogen) atoms. The fourth-order valence-electron chi connectivity index (χ4n) is 2.78. The normalized spacial score (nSPS) is 11.4. The van der Waals surface area contributed by atoms with Crippen molar-refractivity contribution in [1.82, 2.24) is 5.32 Å². The Morgan fingerprint density at radius 3 is 2.17 bits per heavy atom. The van der Waals surface area contributed by atoms with E-state index < -0.39 is 29.1 Å². The summed E-state index contributed by atoms with van der Waals surface area (Å²) in [6.07, 6.45) is 0. The van der Waals surface area contributed by atoms with Gasteiger partial charge >= 0.3 is 6.03 Å². The zero-order valence-electron chi connectivity index (χ0n) is 16.2. The molecule has 0 saturated carbocycles. The Balaban J connectivity index is 1.52.